The molecule has 6 rings (SSSR count). The molecule has 32 heavy (non-hydrogen) atoms. The van der Waals surface area contributed by atoms with Crippen molar-refractivity contribution in [2.75, 3.05) is 0 Å². The number of ether oxygens (including phenoxy) is 1. The van der Waals surface area contributed by atoms with E-state index >= 15 is 0 Å². The fourth-order valence-corrected chi connectivity index (χ4v) is 4.74. The summed E-state index contributed by atoms with van der Waals surface area (Å²) in [7, 11) is 0. The molecule has 0 unspecified atom stereocenters. The van der Waals surface area contributed by atoms with Gasteiger partial charge in [0.05, 0.1) is 17.1 Å². The lowest BCUT2D eigenvalue weighted by Crippen LogP contribution is -2.10. The summed E-state index contributed by atoms with van der Waals surface area (Å²) in [5.74, 6) is 1.15. The molecule has 1 aliphatic heterocycles. The zero-order chi connectivity index (χ0) is 21.8. The monoisotopic (exact) mass is 435 g/mol. The van der Waals surface area contributed by atoms with Crippen molar-refractivity contribution in [3.63, 3.8) is 0 Å². The molecule has 0 saturated heterocycles. The molecule has 162 valence electrons. The van der Waals surface area contributed by atoms with E-state index in [0.29, 0.717) is 41.0 Å². The summed E-state index contributed by atoms with van der Waals surface area (Å²) in [6.45, 7) is -2.90. The number of para-hydroxylation sites is 1. The van der Waals surface area contributed by atoms with E-state index in [4.69, 9.17) is 4.74 Å². The van der Waals surface area contributed by atoms with Crippen molar-refractivity contribution in [2.45, 2.75) is 44.3 Å². The molecular formula is C25H20F3N3O. The third-order valence-corrected chi connectivity index (χ3v) is 6.39. The topological polar surface area (TPSA) is 39.9 Å². The van der Waals surface area contributed by atoms with Crippen LogP contribution in [0.3, 0.4) is 0 Å². The zero-order valence-electron chi connectivity index (χ0n) is 17.1. The van der Waals surface area contributed by atoms with Gasteiger partial charge in [-0.05, 0) is 37.5 Å². The first kappa shape index (κ1) is 19.3. The van der Waals surface area contributed by atoms with Crippen LogP contribution in [0.2, 0.25) is 0 Å². The van der Waals surface area contributed by atoms with Crippen LogP contribution in [0, 0.1) is 5.82 Å². The number of pyridine rings is 1. The Balaban J connectivity index is 1.45. The van der Waals surface area contributed by atoms with Crippen LogP contribution in [-0.4, -0.2) is 21.1 Å². The van der Waals surface area contributed by atoms with Crippen molar-refractivity contribution in [2.24, 2.45) is 0 Å². The molecule has 0 amide bonds. The Hall–Kier alpha value is -3.35. The Morgan fingerprint density at radius 3 is 2.62 bits per heavy atom. The molecule has 1 fully saturated rings. The molecule has 7 heteroatoms. The second kappa shape index (κ2) is 7.36. The number of hydrogen-bond donors (Lipinski definition) is 0. The number of aryl methyl sites for hydroxylation is 1. The molecule has 2 aliphatic rings. The molecule has 2 aromatic heterocycles. The lowest BCUT2D eigenvalue weighted by Gasteiger charge is -2.19. The van der Waals surface area contributed by atoms with Crippen LogP contribution in [0.25, 0.3) is 22.2 Å². The number of fused-ring (bicyclic) bond motifs is 3. The van der Waals surface area contributed by atoms with E-state index in [1.54, 1.807) is 30.5 Å². The zero-order valence-corrected chi connectivity index (χ0v) is 17.1. The van der Waals surface area contributed by atoms with E-state index in [1.807, 2.05) is 22.8 Å². The summed E-state index contributed by atoms with van der Waals surface area (Å²) >= 11 is 0. The van der Waals surface area contributed by atoms with Gasteiger partial charge in [0.2, 0.25) is 0 Å². The maximum Gasteiger partial charge on any atom is 0.387 e. The van der Waals surface area contributed by atoms with Crippen LogP contribution in [-0.2, 0) is 6.42 Å². The largest absolute Gasteiger partial charge is 0.434 e. The first-order chi connectivity index (χ1) is 15.6. The number of imidazole rings is 1. The van der Waals surface area contributed by atoms with Gasteiger partial charge in [0.1, 0.15) is 17.4 Å². The Bertz CT molecular complexity index is 1310. The van der Waals surface area contributed by atoms with Crippen molar-refractivity contribution in [1.29, 1.82) is 0 Å². The molecule has 0 radical (unpaired) electrons. The summed E-state index contributed by atoms with van der Waals surface area (Å²) in [4.78, 5) is 9.14. The highest BCUT2D eigenvalue weighted by Crippen LogP contribution is 2.42. The SMILES string of the molecule is Fc1cc2nc3n(c2cc1-c1ccc(C2CC2)nc1)[C@H](c1ccccc1OC(F)F)CC3. The molecule has 2 aromatic carbocycles. The fourth-order valence-electron chi connectivity index (χ4n) is 4.74. The molecule has 0 N–H and O–H groups in total. The summed E-state index contributed by atoms with van der Waals surface area (Å²) in [5.41, 5.74) is 4.22. The second-order valence-electron chi connectivity index (χ2n) is 8.44. The number of nitrogens with zero attached hydrogens (tertiary/aromatic N) is 3. The molecule has 0 bridgehead atoms. The van der Waals surface area contributed by atoms with Gasteiger partial charge in [-0.2, -0.15) is 8.78 Å². The maximum absolute atomic E-state index is 15.0. The highest BCUT2D eigenvalue weighted by Gasteiger charge is 2.30. The summed E-state index contributed by atoms with van der Waals surface area (Å²) in [5, 5.41) is 0. The predicted molar refractivity (Wildman–Crippen MR) is 114 cm³/mol. The van der Waals surface area contributed by atoms with Gasteiger partial charge >= 0.3 is 6.61 Å². The van der Waals surface area contributed by atoms with Crippen LogP contribution < -0.4 is 4.74 Å². The Morgan fingerprint density at radius 2 is 1.88 bits per heavy atom. The van der Waals surface area contributed by atoms with Crippen LogP contribution in [0.4, 0.5) is 13.2 Å². The molecular weight excluding hydrogens is 415 g/mol. The van der Waals surface area contributed by atoms with Crippen molar-refractivity contribution >= 4 is 11.0 Å². The molecule has 1 saturated carbocycles. The number of hydrogen-bond acceptors (Lipinski definition) is 3. The quantitative estimate of drug-likeness (QED) is 0.372. The van der Waals surface area contributed by atoms with E-state index < -0.39 is 6.61 Å². The van der Waals surface area contributed by atoms with E-state index in [0.717, 1.165) is 29.9 Å². The summed E-state index contributed by atoms with van der Waals surface area (Å²) < 4.78 is 47.7. The van der Waals surface area contributed by atoms with Gasteiger partial charge in [-0.15, -0.1) is 0 Å². The first-order valence-corrected chi connectivity index (χ1v) is 10.8. The smallest absolute Gasteiger partial charge is 0.387 e. The van der Waals surface area contributed by atoms with Crippen molar-refractivity contribution in [1.82, 2.24) is 14.5 Å². The van der Waals surface area contributed by atoms with E-state index in [2.05, 4.69) is 9.97 Å². The summed E-state index contributed by atoms with van der Waals surface area (Å²) in [6, 6.07) is 13.8. The standard InChI is InChI=1S/C25H20F3N3O/c26-18-12-20-22(11-17(18)15-7-8-19(29-13-15)14-5-6-14)31-21(9-10-24(31)30-20)16-3-1-2-4-23(16)32-25(27)28/h1-4,7-8,11-14,21,25H,5-6,9-10H2/t21-/m0/s1. The van der Waals surface area contributed by atoms with Gasteiger partial charge in [-0.3, -0.25) is 4.98 Å². The van der Waals surface area contributed by atoms with E-state index in [-0.39, 0.29) is 17.6 Å². The second-order valence-corrected chi connectivity index (χ2v) is 8.44. The normalized spacial score (nSPS) is 17.8. The van der Waals surface area contributed by atoms with E-state index in [1.165, 1.54) is 6.07 Å². The van der Waals surface area contributed by atoms with Crippen molar-refractivity contribution in [3.8, 4) is 16.9 Å². The Kier molecular flexibility index (Phi) is 4.45. The van der Waals surface area contributed by atoms with Crippen LogP contribution in [0.15, 0.2) is 54.7 Å². The van der Waals surface area contributed by atoms with Crippen LogP contribution >= 0.6 is 0 Å². The van der Waals surface area contributed by atoms with Gasteiger partial charge in [0, 0.05) is 47.0 Å². The van der Waals surface area contributed by atoms with Gasteiger partial charge < -0.3 is 9.30 Å². The number of rotatable bonds is 5. The number of aromatic nitrogens is 3. The average molecular weight is 435 g/mol. The fraction of sp³-hybridized carbons (Fsp3) is 0.280. The van der Waals surface area contributed by atoms with E-state index in [9.17, 15) is 13.2 Å². The van der Waals surface area contributed by atoms with Crippen molar-refractivity contribution in [3.05, 3.63) is 77.6 Å². The highest BCUT2D eigenvalue weighted by atomic mass is 19.3. The Labute approximate surface area is 182 Å². The Morgan fingerprint density at radius 1 is 1.03 bits per heavy atom. The molecule has 4 nitrogen and oxygen atoms in total. The van der Waals surface area contributed by atoms with Gasteiger partial charge in [0.25, 0.3) is 0 Å². The minimum Gasteiger partial charge on any atom is -0.434 e. The predicted octanol–water partition coefficient (Wildman–Crippen LogP) is 6.25. The number of alkyl halides is 2. The van der Waals surface area contributed by atoms with Gasteiger partial charge in [-0.1, -0.05) is 24.3 Å². The molecule has 3 heterocycles. The minimum absolute atomic E-state index is 0.157. The highest BCUT2D eigenvalue weighted by molar-refractivity contribution is 5.83. The summed E-state index contributed by atoms with van der Waals surface area (Å²) in [6.07, 6.45) is 5.44. The molecule has 0 spiro atoms. The third-order valence-electron chi connectivity index (χ3n) is 6.39. The molecule has 4 aromatic rings. The van der Waals surface area contributed by atoms with Gasteiger partial charge in [-0.25, -0.2) is 9.37 Å². The van der Waals surface area contributed by atoms with Gasteiger partial charge in [0.15, 0.2) is 0 Å². The molecule has 1 aliphatic carbocycles. The van der Waals surface area contributed by atoms with Crippen LogP contribution in [0.5, 0.6) is 5.75 Å². The van der Waals surface area contributed by atoms with Crippen molar-refractivity contribution < 1.29 is 17.9 Å². The minimum atomic E-state index is -2.90. The van der Waals surface area contributed by atoms with Crippen LogP contribution in [0.1, 0.15) is 48.3 Å². The number of benzene rings is 2. The lowest BCUT2D eigenvalue weighted by molar-refractivity contribution is -0.0506. The first-order valence-electron chi connectivity index (χ1n) is 10.8. The third kappa shape index (κ3) is 3.23. The number of halogens is 3. The average Bonchev–Trinajstić information content (AvgIpc) is 3.46. The molecule has 1 atom stereocenters. The maximum atomic E-state index is 15.0. The lowest BCUT2D eigenvalue weighted by atomic mass is 10.0.